The summed E-state index contributed by atoms with van der Waals surface area (Å²) in [5, 5.41) is 5.80. The number of hydrogen-bond acceptors (Lipinski definition) is 6. The van der Waals surface area contributed by atoms with E-state index in [-0.39, 0.29) is 12.3 Å². The van der Waals surface area contributed by atoms with E-state index in [0.717, 1.165) is 11.3 Å². The Morgan fingerprint density at radius 3 is 2.67 bits per heavy atom. The van der Waals surface area contributed by atoms with Crippen LogP contribution in [0.4, 0.5) is 5.69 Å². The Hall–Kier alpha value is -3.61. The van der Waals surface area contributed by atoms with E-state index in [4.69, 9.17) is 9.47 Å². The Labute approximate surface area is 174 Å². The van der Waals surface area contributed by atoms with E-state index in [1.165, 1.54) is 6.08 Å². The molecule has 2 unspecified atom stereocenters. The van der Waals surface area contributed by atoms with Gasteiger partial charge in [0, 0.05) is 17.7 Å². The fourth-order valence-corrected chi connectivity index (χ4v) is 3.80. The van der Waals surface area contributed by atoms with Gasteiger partial charge in [0.15, 0.2) is 0 Å². The first-order valence-corrected chi connectivity index (χ1v) is 9.87. The van der Waals surface area contributed by atoms with Gasteiger partial charge in [-0.3, -0.25) is 9.59 Å². The summed E-state index contributed by atoms with van der Waals surface area (Å²) in [7, 11) is 0. The maximum Gasteiger partial charge on any atom is 0.356 e. The van der Waals surface area contributed by atoms with Crippen LogP contribution in [0.15, 0.2) is 66.4 Å². The zero-order chi connectivity index (χ0) is 21.1. The first kappa shape index (κ1) is 19.7. The normalized spacial score (nSPS) is 22.2. The molecule has 0 radical (unpaired) electrons. The van der Waals surface area contributed by atoms with Gasteiger partial charge in [-0.05, 0) is 43.2 Å². The molecule has 4 rings (SSSR count). The number of esters is 2. The lowest BCUT2D eigenvalue weighted by molar-refractivity contribution is -0.170. The average Bonchev–Trinajstić information content (AvgIpc) is 2.76. The van der Waals surface area contributed by atoms with Crippen molar-refractivity contribution in [3.8, 4) is 0 Å². The second kappa shape index (κ2) is 8.02. The smallest absolute Gasteiger partial charge is 0.356 e. The zero-order valence-electron chi connectivity index (χ0n) is 16.5. The minimum absolute atomic E-state index is 0.0758. The molecule has 0 aliphatic carbocycles. The SMILES string of the molecule is CCOC(=O)C1C=C(NC(=O)c2ccccc2)C(=O)OC12CCc1ccccc1N2. The number of nitrogens with one attached hydrogen (secondary N) is 2. The molecule has 1 spiro atoms. The highest BCUT2D eigenvalue weighted by atomic mass is 16.6. The van der Waals surface area contributed by atoms with Crippen molar-refractivity contribution in [1.29, 1.82) is 0 Å². The topological polar surface area (TPSA) is 93.7 Å². The van der Waals surface area contributed by atoms with E-state index in [9.17, 15) is 14.4 Å². The Morgan fingerprint density at radius 1 is 1.17 bits per heavy atom. The summed E-state index contributed by atoms with van der Waals surface area (Å²) < 4.78 is 11.0. The number of benzene rings is 2. The van der Waals surface area contributed by atoms with Crippen LogP contribution >= 0.6 is 0 Å². The van der Waals surface area contributed by atoms with Crippen molar-refractivity contribution in [3.05, 3.63) is 77.5 Å². The number of aryl methyl sites for hydroxylation is 1. The molecule has 2 aromatic carbocycles. The molecule has 154 valence electrons. The van der Waals surface area contributed by atoms with Crippen LogP contribution in [0.3, 0.4) is 0 Å². The van der Waals surface area contributed by atoms with Gasteiger partial charge in [-0.1, -0.05) is 36.4 Å². The highest BCUT2D eigenvalue weighted by Gasteiger charge is 2.52. The fraction of sp³-hybridized carbons (Fsp3) is 0.261. The van der Waals surface area contributed by atoms with Crippen LogP contribution in [0.1, 0.15) is 29.3 Å². The Morgan fingerprint density at radius 2 is 1.90 bits per heavy atom. The Bertz CT molecular complexity index is 1020. The molecular formula is C23H22N2O5. The van der Waals surface area contributed by atoms with Crippen molar-refractivity contribution in [3.63, 3.8) is 0 Å². The minimum Gasteiger partial charge on any atom is -0.465 e. The van der Waals surface area contributed by atoms with Gasteiger partial charge in [-0.25, -0.2) is 4.79 Å². The highest BCUT2D eigenvalue weighted by Crippen LogP contribution is 2.40. The van der Waals surface area contributed by atoms with Gasteiger partial charge in [-0.15, -0.1) is 0 Å². The monoisotopic (exact) mass is 406 g/mol. The average molecular weight is 406 g/mol. The Kier molecular flexibility index (Phi) is 5.27. The van der Waals surface area contributed by atoms with Crippen LogP contribution in [0.2, 0.25) is 0 Å². The van der Waals surface area contributed by atoms with Gasteiger partial charge < -0.3 is 20.1 Å². The molecule has 2 heterocycles. The molecule has 2 aromatic rings. The van der Waals surface area contributed by atoms with Gasteiger partial charge in [0.25, 0.3) is 5.91 Å². The van der Waals surface area contributed by atoms with Crippen molar-refractivity contribution in [1.82, 2.24) is 5.32 Å². The number of carbonyl (C=O) groups is 3. The zero-order valence-corrected chi connectivity index (χ0v) is 16.5. The third kappa shape index (κ3) is 3.66. The molecule has 7 nitrogen and oxygen atoms in total. The van der Waals surface area contributed by atoms with E-state index in [1.54, 1.807) is 37.3 Å². The van der Waals surface area contributed by atoms with Gasteiger partial charge in [-0.2, -0.15) is 0 Å². The second-order valence-electron chi connectivity index (χ2n) is 7.19. The molecule has 0 fully saturated rings. The van der Waals surface area contributed by atoms with E-state index >= 15 is 0 Å². The molecule has 7 heteroatoms. The predicted molar refractivity (Wildman–Crippen MR) is 109 cm³/mol. The van der Waals surface area contributed by atoms with Crippen molar-refractivity contribution >= 4 is 23.5 Å². The van der Waals surface area contributed by atoms with Crippen LogP contribution in [-0.2, 0) is 25.5 Å². The standard InChI is InChI=1S/C23H22N2O5/c1-2-29-21(27)17-14-19(24-20(26)16-9-4-3-5-10-16)22(28)30-23(17)13-12-15-8-6-7-11-18(15)25-23/h3-11,14,17,25H,2,12-13H2,1H3,(H,24,26). The summed E-state index contributed by atoms with van der Waals surface area (Å²) in [5.41, 5.74) is 0.931. The molecule has 0 bridgehead atoms. The van der Waals surface area contributed by atoms with Crippen LogP contribution in [0.5, 0.6) is 0 Å². The molecule has 0 saturated carbocycles. The van der Waals surface area contributed by atoms with Gasteiger partial charge in [0.1, 0.15) is 11.6 Å². The summed E-state index contributed by atoms with van der Waals surface area (Å²) in [5.74, 6) is -2.59. The van der Waals surface area contributed by atoms with Gasteiger partial charge in [0.2, 0.25) is 5.72 Å². The fourth-order valence-electron chi connectivity index (χ4n) is 3.80. The van der Waals surface area contributed by atoms with Crippen molar-refractivity contribution in [2.45, 2.75) is 25.5 Å². The molecule has 2 N–H and O–H groups in total. The van der Waals surface area contributed by atoms with E-state index < -0.39 is 29.5 Å². The maximum atomic E-state index is 12.8. The molecule has 30 heavy (non-hydrogen) atoms. The second-order valence-corrected chi connectivity index (χ2v) is 7.19. The summed E-state index contributed by atoms with van der Waals surface area (Å²) in [6.07, 6.45) is 2.47. The summed E-state index contributed by atoms with van der Waals surface area (Å²) in [4.78, 5) is 38.1. The number of hydrogen-bond donors (Lipinski definition) is 2. The molecular weight excluding hydrogens is 384 g/mol. The maximum absolute atomic E-state index is 12.8. The van der Waals surface area contributed by atoms with Crippen molar-refractivity contribution in [2.75, 3.05) is 11.9 Å². The lowest BCUT2D eigenvalue weighted by Gasteiger charge is -2.44. The number of rotatable bonds is 4. The molecule has 2 atom stereocenters. The lowest BCUT2D eigenvalue weighted by atomic mass is 9.83. The van der Waals surface area contributed by atoms with Crippen molar-refractivity contribution < 1.29 is 23.9 Å². The molecule has 1 amide bonds. The first-order chi connectivity index (χ1) is 14.5. The number of carbonyl (C=O) groups excluding carboxylic acids is 3. The number of amides is 1. The van der Waals surface area contributed by atoms with E-state index in [2.05, 4.69) is 10.6 Å². The largest absolute Gasteiger partial charge is 0.465 e. The minimum atomic E-state index is -1.27. The highest BCUT2D eigenvalue weighted by molar-refractivity contribution is 6.02. The summed E-state index contributed by atoms with van der Waals surface area (Å²) in [6, 6.07) is 16.2. The van der Waals surface area contributed by atoms with Gasteiger partial charge >= 0.3 is 11.9 Å². The lowest BCUT2D eigenvalue weighted by Crippen LogP contribution is -2.57. The van der Waals surface area contributed by atoms with Crippen LogP contribution in [0, 0.1) is 5.92 Å². The molecule has 0 saturated heterocycles. The molecule has 2 aliphatic rings. The predicted octanol–water partition coefficient (Wildman–Crippen LogP) is 2.79. The third-order valence-electron chi connectivity index (χ3n) is 5.28. The first-order valence-electron chi connectivity index (χ1n) is 9.87. The number of anilines is 1. The summed E-state index contributed by atoms with van der Waals surface area (Å²) in [6.45, 7) is 1.90. The van der Waals surface area contributed by atoms with Crippen molar-refractivity contribution in [2.24, 2.45) is 5.92 Å². The van der Waals surface area contributed by atoms with Crippen LogP contribution < -0.4 is 10.6 Å². The number of ether oxygens (including phenoxy) is 2. The number of fused-ring (bicyclic) bond motifs is 1. The quantitative estimate of drug-likeness (QED) is 0.759. The molecule has 2 aliphatic heterocycles. The third-order valence-corrected chi connectivity index (χ3v) is 5.28. The van der Waals surface area contributed by atoms with E-state index in [1.807, 2.05) is 24.3 Å². The Balaban J connectivity index is 1.66. The number of para-hydroxylation sites is 1. The van der Waals surface area contributed by atoms with Crippen LogP contribution in [-0.4, -0.2) is 30.2 Å². The van der Waals surface area contributed by atoms with Gasteiger partial charge in [0.05, 0.1) is 6.61 Å². The van der Waals surface area contributed by atoms with Crippen LogP contribution in [0.25, 0.3) is 0 Å². The summed E-state index contributed by atoms with van der Waals surface area (Å²) >= 11 is 0. The van der Waals surface area contributed by atoms with E-state index in [0.29, 0.717) is 18.4 Å². The molecule has 0 aromatic heterocycles.